The molecule has 1 aromatic carbocycles. The Labute approximate surface area is 157 Å². The highest BCUT2D eigenvalue weighted by Crippen LogP contribution is 2.50. The van der Waals surface area contributed by atoms with Crippen molar-refractivity contribution in [2.75, 3.05) is 0 Å². The van der Waals surface area contributed by atoms with Gasteiger partial charge in [-0.25, -0.2) is 0 Å². The summed E-state index contributed by atoms with van der Waals surface area (Å²) in [6.45, 7) is 10.6. The zero-order valence-corrected chi connectivity index (χ0v) is 16.9. The van der Waals surface area contributed by atoms with E-state index in [4.69, 9.17) is 9.47 Å². The minimum Gasteiger partial charge on any atom is -0.486 e. The molecule has 1 heterocycles. The number of unbranched alkanes of at least 4 members (excludes halogenated alkanes) is 2. The van der Waals surface area contributed by atoms with Gasteiger partial charge in [-0.15, -0.1) is 0 Å². The lowest BCUT2D eigenvalue weighted by Gasteiger charge is -2.44. The second-order valence-electron chi connectivity index (χ2n) is 8.47. The lowest BCUT2D eigenvalue weighted by molar-refractivity contribution is -0.131. The number of esters is 1. The van der Waals surface area contributed by atoms with Crippen LogP contribution in [0.1, 0.15) is 77.8 Å². The number of aryl methyl sites for hydroxylation is 1. The fourth-order valence-electron chi connectivity index (χ4n) is 4.55. The van der Waals surface area contributed by atoms with Crippen LogP contribution < -0.4 is 9.47 Å². The Kier molecular flexibility index (Phi) is 5.45. The van der Waals surface area contributed by atoms with Crippen LogP contribution in [0.3, 0.4) is 0 Å². The molecule has 0 aromatic heterocycles. The van der Waals surface area contributed by atoms with Crippen molar-refractivity contribution >= 4 is 5.97 Å². The van der Waals surface area contributed by atoms with E-state index in [0.717, 1.165) is 31.4 Å². The molecule has 3 nitrogen and oxygen atoms in total. The fraction of sp³-hybridized carbons (Fsp3) is 0.609. The molecule has 3 heteroatoms. The van der Waals surface area contributed by atoms with Gasteiger partial charge in [0.2, 0.25) is 0 Å². The van der Waals surface area contributed by atoms with Crippen LogP contribution in [0.25, 0.3) is 0 Å². The van der Waals surface area contributed by atoms with E-state index in [1.54, 1.807) is 0 Å². The normalized spacial score (nSPS) is 23.3. The van der Waals surface area contributed by atoms with Crippen LogP contribution in [0.4, 0.5) is 0 Å². The van der Waals surface area contributed by atoms with Gasteiger partial charge in [0, 0.05) is 24.0 Å². The molecule has 1 aliphatic heterocycles. The number of carbonyl (C=O) groups is 1. The van der Waals surface area contributed by atoms with Crippen LogP contribution in [0.2, 0.25) is 0 Å². The third kappa shape index (κ3) is 3.67. The average molecular weight is 357 g/mol. The van der Waals surface area contributed by atoms with Crippen molar-refractivity contribution in [2.24, 2.45) is 5.92 Å². The maximum absolute atomic E-state index is 11.5. The second kappa shape index (κ2) is 7.46. The summed E-state index contributed by atoms with van der Waals surface area (Å²) in [4.78, 5) is 11.5. The average Bonchev–Trinajstić information content (AvgIpc) is 2.53. The van der Waals surface area contributed by atoms with Crippen molar-refractivity contribution in [3.63, 3.8) is 0 Å². The van der Waals surface area contributed by atoms with Gasteiger partial charge in [0.15, 0.2) is 0 Å². The van der Waals surface area contributed by atoms with Crippen molar-refractivity contribution < 1.29 is 14.3 Å². The van der Waals surface area contributed by atoms with Gasteiger partial charge in [0.1, 0.15) is 17.6 Å². The van der Waals surface area contributed by atoms with Crippen LogP contribution in [-0.4, -0.2) is 12.1 Å². The van der Waals surface area contributed by atoms with E-state index in [0.29, 0.717) is 11.7 Å². The summed E-state index contributed by atoms with van der Waals surface area (Å²) in [6, 6.07) is 3.96. The first-order chi connectivity index (χ1) is 12.3. The molecular formula is C23H32O3. The number of rotatable bonds is 5. The van der Waals surface area contributed by atoms with Crippen LogP contribution >= 0.6 is 0 Å². The Bertz CT molecular complexity index is 714. The summed E-state index contributed by atoms with van der Waals surface area (Å²) in [5.74, 6) is 1.86. The van der Waals surface area contributed by atoms with Gasteiger partial charge < -0.3 is 9.47 Å². The highest BCUT2D eigenvalue weighted by Gasteiger charge is 2.42. The third-order valence-electron chi connectivity index (χ3n) is 5.79. The summed E-state index contributed by atoms with van der Waals surface area (Å²) >= 11 is 0. The number of benzene rings is 1. The van der Waals surface area contributed by atoms with Crippen molar-refractivity contribution in [1.29, 1.82) is 0 Å². The van der Waals surface area contributed by atoms with E-state index in [2.05, 4.69) is 33.8 Å². The zero-order valence-electron chi connectivity index (χ0n) is 16.9. The summed E-state index contributed by atoms with van der Waals surface area (Å²) < 4.78 is 11.9. The third-order valence-corrected chi connectivity index (χ3v) is 5.79. The van der Waals surface area contributed by atoms with E-state index in [1.807, 2.05) is 12.1 Å². The maximum Gasteiger partial charge on any atom is 0.308 e. The summed E-state index contributed by atoms with van der Waals surface area (Å²) in [7, 11) is 0. The molecule has 0 saturated carbocycles. The molecule has 3 rings (SSSR count). The molecule has 0 saturated heterocycles. The Morgan fingerprint density at radius 1 is 1.31 bits per heavy atom. The molecule has 0 fully saturated rings. The van der Waals surface area contributed by atoms with Crippen LogP contribution in [0.15, 0.2) is 23.8 Å². The highest BCUT2D eigenvalue weighted by atomic mass is 16.5. The van der Waals surface area contributed by atoms with E-state index in [1.165, 1.54) is 36.5 Å². The molecule has 2 atom stereocenters. The van der Waals surface area contributed by atoms with Gasteiger partial charge in [-0.2, -0.15) is 0 Å². The molecule has 142 valence electrons. The highest BCUT2D eigenvalue weighted by molar-refractivity contribution is 5.70. The number of carbonyl (C=O) groups excluding carboxylic acids is 1. The largest absolute Gasteiger partial charge is 0.486 e. The Morgan fingerprint density at radius 2 is 2.08 bits per heavy atom. The summed E-state index contributed by atoms with van der Waals surface area (Å²) in [6.07, 6.45) is 9.25. The Morgan fingerprint density at radius 3 is 2.77 bits per heavy atom. The van der Waals surface area contributed by atoms with E-state index in [9.17, 15) is 4.79 Å². The molecule has 1 aromatic rings. The number of ether oxygens (including phenoxy) is 2. The molecule has 26 heavy (non-hydrogen) atoms. The standard InChI is InChI=1S/C23H32O3/c1-6-7-8-9-17-13-18(25-16(3)24)14-21-22(17)23(4,5)19-11-10-15(2)12-20(19)26-21/h11,13-15,20H,6-10,12H2,1-5H3/t15-,20?/m1/s1. The van der Waals surface area contributed by atoms with Crippen LogP contribution in [0, 0.1) is 5.92 Å². The van der Waals surface area contributed by atoms with Crippen LogP contribution in [-0.2, 0) is 16.6 Å². The van der Waals surface area contributed by atoms with Crippen molar-refractivity contribution in [1.82, 2.24) is 0 Å². The molecule has 0 radical (unpaired) electrons. The van der Waals surface area contributed by atoms with E-state index < -0.39 is 0 Å². The molecule has 1 unspecified atom stereocenters. The van der Waals surface area contributed by atoms with E-state index in [-0.39, 0.29) is 17.5 Å². The monoisotopic (exact) mass is 356 g/mol. The van der Waals surface area contributed by atoms with Crippen molar-refractivity contribution in [2.45, 2.75) is 84.7 Å². The van der Waals surface area contributed by atoms with Crippen LogP contribution in [0.5, 0.6) is 11.5 Å². The predicted octanol–water partition coefficient (Wildman–Crippen LogP) is 5.74. The maximum atomic E-state index is 11.5. The first-order valence-electron chi connectivity index (χ1n) is 10.1. The van der Waals surface area contributed by atoms with Gasteiger partial charge >= 0.3 is 5.97 Å². The number of allylic oxidation sites excluding steroid dienone is 1. The van der Waals surface area contributed by atoms with Gasteiger partial charge in [0.25, 0.3) is 0 Å². The molecule has 1 aliphatic carbocycles. The number of hydrogen-bond acceptors (Lipinski definition) is 3. The minimum atomic E-state index is -0.286. The van der Waals surface area contributed by atoms with Gasteiger partial charge in [0.05, 0.1) is 0 Å². The Hall–Kier alpha value is -1.77. The van der Waals surface area contributed by atoms with Gasteiger partial charge in [-0.05, 0) is 48.8 Å². The van der Waals surface area contributed by atoms with Crippen molar-refractivity contribution in [3.05, 3.63) is 34.9 Å². The van der Waals surface area contributed by atoms with Gasteiger partial charge in [-0.1, -0.05) is 46.6 Å². The molecule has 0 amide bonds. The summed E-state index contributed by atoms with van der Waals surface area (Å²) in [5.41, 5.74) is 3.91. The number of fused-ring (bicyclic) bond motifs is 2. The second-order valence-corrected chi connectivity index (χ2v) is 8.47. The molecule has 0 spiro atoms. The molecule has 0 bridgehead atoms. The lowest BCUT2D eigenvalue weighted by Crippen LogP contribution is -2.41. The first-order valence-corrected chi connectivity index (χ1v) is 10.1. The minimum absolute atomic E-state index is 0.0469. The smallest absolute Gasteiger partial charge is 0.308 e. The predicted molar refractivity (Wildman–Crippen MR) is 105 cm³/mol. The molecule has 0 N–H and O–H groups in total. The lowest BCUT2D eigenvalue weighted by atomic mass is 9.67. The van der Waals surface area contributed by atoms with Crippen molar-refractivity contribution in [3.8, 4) is 11.5 Å². The Balaban J connectivity index is 2.06. The quantitative estimate of drug-likeness (QED) is 0.292. The first kappa shape index (κ1) is 19.0. The van der Waals surface area contributed by atoms with Gasteiger partial charge in [-0.3, -0.25) is 4.79 Å². The summed E-state index contributed by atoms with van der Waals surface area (Å²) in [5, 5.41) is 0. The van der Waals surface area contributed by atoms with E-state index >= 15 is 0 Å². The number of hydrogen-bond donors (Lipinski definition) is 0. The molecule has 2 aliphatic rings. The molecular weight excluding hydrogens is 324 g/mol. The SMILES string of the molecule is CCCCCc1cc(OC(C)=O)cc2c1C(C)(C)C1=CC[C@@H](C)CC1O2. The zero-order chi connectivity index (χ0) is 18.9. The fourth-order valence-corrected chi connectivity index (χ4v) is 4.55. The topological polar surface area (TPSA) is 35.5 Å².